The molecule has 46 heavy (non-hydrogen) atoms. The van der Waals surface area contributed by atoms with Gasteiger partial charge in [-0.1, -0.05) is 35.9 Å². The van der Waals surface area contributed by atoms with Gasteiger partial charge in [0.15, 0.2) is 0 Å². The van der Waals surface area contributed by atoms with E-state index in [0.29, 0.717) is 56.9 Å². The van der Waals surface area contributed by atoms with E-state index in [1.54, 1.807) is 52.1 Å². The molecule has 0 radical (unpaired) electrons. The molecule has 0 saturated carbocycles. The molecule has 1 saturated heterocycles. The molecule has 1 atom stereocenters. The van der Waals surface area contributed by atoms with Gasteiger partial charge in [0.1, 0.15) is 34.2 Å². The average Bonchev–Trinajstić information content (AvgIpc) is 3.29. The highest BCUT2D eigenvalue weighted by atomic mass is 35.5. The van der Waals surface area contributed by atoms with E-state index < -0.39 is 23.3 Å². The Morgan fingerprint density at radius 1 is 1.07 bits per heavy atom. The van der Waals surface area contributed by atoms with Crippen LogP contribution in [0.1, 0.15) is 75.9 Å². The summed E-state index contributed by atoms with van der Waals surface area (Å²) in [6, 6.07) is 14.6. The molecule has 2 aromatic heterocycles. The Morgan fingerprint density at radius 3 is 2.41 bits per heavy atom. The second-order valence-corrected chi connectivity index (χ2v) is 14.1. The molecule has 1 aliphatic rings. The third kappa shape index (κ3) is 6.70. The van der Waals surface area contributed by atoms with Gasteiger partial charge in [0.2, 0.25) is 0 Å². The van der Waals surface area contributed by atoms with Crippen molar-refractivity contribution in [3.8, 4) is 6.07 Å². The van der Waals surface area contributed by atoms with Crippen LogP contribution in [0, 0.1) is 11.3 Å². The van der Waals surface area contributed by atoms with Crippen LogP contribution >= 0.6 is 11.6 Å². The molecule has 1 N–H and O–H groups in total. The van der Waals surface area contributed by atoms with Crippen LogP contribution in [0.2, 0.25) is 5.02 Å². The van der Waals surface area contributed by atoms with Crippen molar-refractivity contribution in [2.75, 3.05) is 18.0 Å². The molecule has 1 amide bonds. The summed E-state index contributed by atoms with van der Waals surface area (Å²) in [4.78, 5) is 41.9. The number of halogens is 1. The molecule has 2 aromatic carbocycles. The number of carbonyl (C=O) groups is 2. The molecule has 10 nitrogen and oxygen atoms in total. The second kappa shape index (κ2) is 12.4. The Labute approximate surface area is 273 Å². The van der Waals surface area contributed by atoms with E-state index in [4.69, 9.17) is 21.1 Å². The van der Waals surface area contributed by atoms with Crippen LogP contribution in [-0.4, -0.2) is 51.5 Å². The topological polar surface area (TPSA) is 119 Å². The molecule has 242 valence electrons. The highest BCUT2D eigenvalue weighted by molar-refractivity contribution is 6.31. The fourth-order valence-electron chi connectivity index (χ4n) is 5.99. The van der Waals surface area contributed by atoms with Crippen molar-refractivity contribution in [3.63, 3.8) is 0 Å². The van der Waals surface area contributed by atoms with Gasteiger partial charge in [-0.05, 0) is 78.1 Å². The number of amides is 1. The first-order chi connectivity index (χ1) is 21.6. The molecule has 11 heteroatoms. The Balaban J connectivity index is 1.71. The minimum absolute atomic E-state index is 0.238. The molecule has 3 heterocycles. The molecular weight excluding hydrogens is 606 g/mol. The van der Waals surface area contributed by atoms with Gasteiger partial charge >= 0.3 is 12.1 Å². The van der Waals surface area contributed by atoms with Crippen LogP contribution in [-0.2, 0) is 23.1 Å². The van der Waals surface area contributed by atoms with Gasteiger partial charge in [0.05, 0.1) is 17.6 Å². The lowest BCUT2D eigenvalue weighted by Gasteiger charge is -2.35. The smallest absolute Gasteiger partial charge is 0.407 e. The number of piperidine rings is 1. The van der Waals surface area contributed by atoms with Crippen molar-refractivity contribution < 1.29 is 19.1 Å². The van der Waals surface area contributed by atoms with E-state index >= 15 is 0 Å². The maximum atomic E-state index is 14.2. The normalized spacial score (nSPS) is 15.5. The van der Waals surface area contributed by atoms with Crippen LogP contribution in [0.25, 0.3) is 21.8 Å². The Bertz CT molecular complexity index is 1940. The Morgan fingerprint density at radius 2 is 1.76 bits per heavy atom. The molecule has 0 unspecified atom stereocenters. The van der Waals surface area contributed by atoms with Crippen molar-refractivity contribution in [2.45, 2.75) is 78.2 Å². The highest BCUT2D eigenvalue weighted by Gasteiger charge is 2.32. The van der Waals surface area contributed by atoms with E-state index in [-0.39, 0.29) is 18.1 Å². The number of aryl methyl sites for hydroxylation is 1. The summed E-state index contributed by atoms with van der Waals surface area (Å²) in [5.41, 5.74) is 0.638. The summed E-state index contributed by atoms with van der Waals surface area (Å²) in [5, 5.41) is 15.4. The number of carbonyl (C=O) groups excluding carboxylic acids is 2. The summed E-state index contributed by atoms with van der Waals surface area (Å²) in [6.07, 6.45) is 0.981. The number of rotatable bonds is 5. The summed E-state index contributed by atoms with van der Waals surface area (Å²) < 4.78 is 14.5. The van der Waals surface area contributed by atoms with Gasteiger partial charge in [0, 0.05) is 42.0 Å². The van der Waals surface area contributed by atoms with Gasteiger partial charge < -0.3 is 28.8 Å². The minimum Gasteiger partial charge on any atom is -0.456 e. The Kier molecular flexibility index (Phi) is 8.84. The number of pyridine rings is 1. The fourth-order valence-corrected chi connectivity index (χ4v) is 6.19. The monoisotopic (exact) mass is 645 g/mol. The Hall–Kier alpha value is -4.49. The molecule has 4 aromatic rings. The van der Waals surface area contributed by atoms with Gasteiger partial charge in [-0.2, -0.15) is 5.26 Å². The predicted octanol–water partition coefficient (Wildman–Crippen LogP) is 6.52. The van der Waals surface area contributed by atoms with E-state index in [1.807, 2.05) is 43.5 Å². The molecule has 0 spiro atoms. The molecule has 0 aliphatic carbocycles. The zero-order valence-corrected chi connectivity index (χ0v) is 28.1. The number of nitriles is 1. The fraction of sp³-hybridized carbons (Fsp3) is 0.429. The molecule has 5 rings (SSSR count). The first-order valence-electron chi connectivity index (χ1n) is 15.4. The van der Waals surface area contributed by atoms with E-state index in [2.05, 4.69) is 16.3 Å². The van der Waals surface area contributed by atoms with Crippen LogP contribution in [0.5, 0.6) is 0 Å². The molecular formula is C35H40ClN5O5. The molecule has 1 fully saturated rings. The number of hydrogen-bond donors (Lipinski definition) is 1. The average molecular weight is 646 g/mol. The zero-order valence-electron chi connectivity index (χ0n) is 27.4. The lowest BCUT2D eigenvalue weighted by atomic mass is 10.0. The predicted molar refractivity (Wildman–Crippen MR) is 180 cm³/mol. The third-order valence-corrected chi connectivity index (χ3v) is 8.21. The van der Waals surface area contributed by atoms with Crippen molar-refractivity contribution in [2.24, 2.45) is 7.05 Å². The van der Waals surface area contributed by atoms with Crippen LogP contribution in [0.15, 0.2) is 47.3 Å². The van der Waals surface area contributed by atoms with Gasteiger partial charge in [-0.3, -0.25) is 4.79 Å². The van der Waals surface area contributed by atoms with Crippen molar-refractivity contribution in [1.82, 2.24) is 14.5 Å². The van der Waals surface area contributed by atoms with Crippen molar-refractivity contribution >= 4 is 51.3 Å². The first-order valence-corrected chi connectivity index (χ1v) is 15.8. The maximum Gasteiger partial charge on any atom is 0.407 e. The highest BCUT2D eigenvalue weighted by Crippen LogP contribution is 2.38. The summed E-state index contributed by atoms with van der Waals surface area (Å²) in [6.45, 7) is 12.1. The number of anilines is 1. The number of esters is 1. The van der Waals surface area contributed by atoms with E-state index in [9.17, 15) is 19.6 Å². The number of nitrogens with zero attached hydrogens (tertiary/aromatic N) is 4. The number of nitrogens with one attached hydrogen (secondary N) is 1. The molecule has 1 aliphatic heterocycles. The lowest BCUT2D eigenvalue weighted by molar-refractivity contribution is 0.00693. The quantitative estimate of drug-likeness (QED) is 0.246. The maximum absolute atomic E-state index is 14.2. The second-order valence-electron chi connectivity index (χ2n) is 13.7. The zero-order chi connectivity index (χ0) is 33.6. The third-order valence-electron chi connectivity index (χ3n) is 7.85. The standard InChI is InChI=1S/C35H40ClN5O5/c1-34(2,3)45-32(43)21-14-15-24-27(17-21)39(7)31(42)29-28(24)25(18-37)30(41(29)19-22-11-8-9-13-26(22)36)40-16-10-12-23(20-40)38-33(44)46-35(4,5)6/h8-9,11,13-15,17,23H,10,12,16,19-20H2,1-7H3,(H,38,44)/t23-/m1/s1. The van der Waals surface area contributed by atoms with Gasteiger partial charge in [-0.15, -0.1) is 0 Å². The van der Waals surface area contributed by atoms with Gasteiger partial charge in [-0.25, -0.2) is 9.59 Å². The molecule has 0 bridgehead atoms. The van der Waals surface area contributed by atoms with Crippen molar-refractivity contribution in [3.05, 3.63) is 74.5 Å². The number of aromatic nitrogens is 2. The number of hydrogen-bond acceptors (Lipinski definition) is 7. The lowest BCUT2D eigenvalue weighted by Crippen LogP contribution is -2.49. The SMILES string of the molecule is Cn1c(=O)c2c(c(C#N)c(N3CCC[C@@H](NC(=O)OC(C)(C)C)C3)n2Cc2ccccc2Cl)c2ccc(C(=O)OC(C)(C)C)cc21. The minimum atomic E-state index is -0.689. The largest absolute Gasteiger partial charge is 0.456 e. The van der Waals surface area contributed by atoms with E-state index in [1.165, 1.54) is 4.57 Å². The first kappa shape index (κ1) is 32.9. The summed E-state index contributed by atoms with van der Waals surface area (Å²) in [5.74, 6) is 0.0743. The summed E-state index contributed by atoms with van der Waals surface area (Å²) >= 11 is 6.62. The van der Waals surface area contributed by atoms with Crippen molar-refractivity contribution in [1.29, 1.82) is 5.26 Å². The van der Waals surface area contributed by atoms with Gasteiger partial charge in [0.25, 0.3) is 5.56 Å². The van der Waals surface area contributed by atoms with Crippen LogP contribution < -0.4 is 15.8 Å². The van der Waals surface area contributed by atoms with Crippen LogP contribution in [0.3, 0.4) is 0 Å². The summed E-state index contributed by atoms with van der Waals surface area (Å²) in [7, 11) is 1.66. The number of ether oxygens (including phenoxy) is 2. The van der Waals surface area contributed by atoms with E-state index in [0.717, 1.165) is 18.4 Å². The number of benzene rings is 2. The number of alkyl carbamates (subject to hydrolysis) is 1. The number of fused-ring (bicyclic) bond motifs is 3. The van der Waals surface area contributed by atoms with Crippen LogP contribution in [0.4, 0.5) is 10.6 Å².